The average molecular weight is 493 g/mol. The number of carboxylic acid groups (broad SMARTS) is 1. The van der Waals surface area contributed by atoms with Crippen LogP contribution in [-0.2, 0) is 10.0 Å². The van der Waals surface area contributed by atoms with Gasteiger partial charge in [0.1, 0.15) is 17.8 Å². The number of fused-ring (bicyclic) bond motifs is 1. The fourth-order valence-electron chi connectivity index (χ4n) is 5.51. The zero-order chi connectivity index (χ0) is 24.7. The summed E-state index contributed by atoms with van der Waals surface area (Å²) >= 11 is 0. The molecule has 0 atom stereocenters. The van der Waals surface area contributed by atoms with Crippen molar-refractivity contribution < 1.29 is 18.3 Å². The Kier molecular flexibility index (Phi) is 6.78. The molecule has 2 aliphatic rings. The lowest BCUT2D eigenvalue weighted by Crippen LogP contribution is -2.60. The first-order chi connectivity index (χ1) is 15.9. The average Bonchev–Trinajstić information content (AvgIpc) is 3.19. The van der Waals surface area contributed by atoms with E-state index in [2.05, 4.69) is 24.6 Å². The first-order valence-corrected chi connectivity index (χ1v) is 13.6. The maximum atomic E-state index is 12.8. The predicted octanol–water partition coefficient (Wildman–Crippen LogP) is 3.18. The van der Waals surface area contributed by atoms with Gasteiger partial charge >= 0.3 is 6.09 Å². The second kappa shape index (κ2) is 9.33. The number of hydrogen-bond donors (Lipinski definition) is 3. The molecule has 2 fully saturated rings. The number of nitrogens with one attached hydrogen (secondary N) is 2. The lowest BCUT2D eigenvalue weighted by atomic mass is 9.84. The molecule has 0 unspecified atom stereocenters. The maximum Gasteiger partial charge on any atom is 0.407 e. The molecule has 2 aromatic rings. The lowest BCUT2D eigenvalue weighted by Gasteiger charge is -2.47. The zero-order valence-electron chi connectivity index (χ0n) is 20.4. The first kappa shape index (κ1) is 24.7. The van der Waals surface area contributed by atoms with Crippen molar-refractivity contribution in [2.45, 2.75) is 83.0 Å². The number of nitrogens with zero attached hydrogens (tertiary/aromatic N) is 4. The summed E-state index contributed by atoms with van der Waals surface area (Å²) in [5, 5.41) is 10.5. The molecule has 2 aliphatic carbocycles. The Morgan fingerprint density at radius 3 is 2.47 bits per heavy atom. The van der Waals surface area contributed by atoms with Crippen LogP contribution in [0.15, 0.2) is 18.6 Å². The standard InChI is InChI=1S/C23H36N6O4S/c1-23(2,3)29(22(30)31)18-11-16(12-18)27-34(32,33)13-15-5-7-17(8-6-15)28(4)21-19-9-10-24-20(19)25-14-26-21/h9-10,14-18,27H,5-8,11-13H2,1-4H3,(H,30,31)(H,24,25,26). The van der Waals surface area contributed by atoms with Crippen molar-refractivity contribution in [3.8, 4) is 0 Å². The van der Waals surface area contributed by atoms with Crippen molar-refractivity contribution in [2.24, 2.45) is 5.92 Å². The van der Waals surface area contributed by atoms with E-state index in [4.69, 9.17) is 0 Å². The minimum atomic E-state index is -3.41. The molecule has 0 aliphatic heterocycles. The van der Waals surface area contributed by atoms with Crippen LogP contribution in [0.4, 0.5) is 10.6 Å². The van der Waals surface area contributed by atoms with E-state index >= 15 is 0 Å². The fraction of sp³-hybridized carbons (Fsp3) is 0.696. The van der Waals surface area contributed by atoms with Gasteiger partial charge in [-0.25, -0.2) is 27.9 Å². The van der Waals surface area contributed by atoms with E-state index in [0.717, 1.165) is 42.5 Å². The topological polar surface area (TPSA) is 132 Å². The van der Waals surface area contributed by atoms with Gasteiger partial charge in [0.05, 0.1) is 11.1 Å². The normalized spacial score (nSPS) is 25.6. The number of amides is 1. The van der Waals surface area contributed by atoms with Gasteiger partial charge in [0.2, 0.25) is 10.0 Å². The molecule has 2 aromatic heterocycles. The van der Waals surface area contributed by atoms with Crippen LogP contribution in [0.25, 0.3) is 11.0 Å². The molecule has 10 nitrogen and oxygen atoms in total. The molecule has 188 valence electrons. The third kappa shape index (κ3) is 5.30. The maximum absolute atomic E-state index is 12.8. The van der Waals surface area contributed by atoms with Crippen molar-refractivity contribution in [1.82, 2.24) is 24.6 Å². The summed E-state index contributed by atoms with van der Waals surface area (Å²) in [6, 6.07) is 1.95. The zero-order valence-corrected chi connectivity index (χ0v) is 21.2. The van der Waals surface area contributed by atoms with Crippen LogP contribution in [-0.4, -0.2) is 75.9 Å². The molecule has 0 radical (unpaired) electrons. The number of rotatable bonds is 7. The third-order valence-electron chi connectivity index (χ3n) is 7.24. The highest BCUT2D eigenvalue weighted by Gasteiger charge is 2.42. The van der Waals surface area contributed by atoms with Gasteiger partial charge in [0.15, 0.2) is 0 Å². The van der Waals surface area contributed by atoms with E-state index in [1.165, 1.54) is 4.90 Å². The number of carbonyl (C=O) groups is 1. The Morgan fingerprint density at radius 2 is 1.85 bits per heavy atom. The van der Waals surface area contributed by atoms with Crippen LogP contribution >= 0.6 is 0 Å². The van der Waals surface area contributed by atoms with Crippen LogP contribution in [0, 0.1) is 5.92 Å². The van der Waals surface area contributed by atoms with Crippen LogP contribution in [0.2, 0.25) is 0 Å². The summed E-state index contributed by atoms with van der Waals surface area (Å²) in [6.07, 6.45) is 7.03. The SMILES string of the molecule is CN(c1ncnc2[nH]ccc12)C1CCC(CS(=O)(=O)NC2CC(N(C(=O)O)C(C)(C)C)C2)CC1. The van der Waals surface area contributed by atoms with E-state index < -0.39 is 21.7 Å². The smallest absolute Gasteiger partial charge is 0.407 e. The van der Waals surface area contributed by atoms with Crippen molar-refractivity contribution >= 4 is 33.0 Å². The van der Waals surface area contributed by atoms with Crippen LogP contribution in [0.5, 0.6) is 0 Å². The van der Waals surface area contributed by atoms with Gasteiger partial charge in [-0.3, -0.25) is 0 Å². The van der Waals surface area contributed by atoms with Crippen molar-refractivity contribution in [3.05, 3.63) is 18.6 Å². The van der Waals surface area contributed by atoms with Crippen molar-refractivity contribution in [3.63, 3.8) is 0 Å². The Morgan fingerprint density at radius 1 is 1.18 bits per heavy atom. The number of aromatic nitrogens is 3. The lowest BCUT2D eigenvalue weighted by molar-refractivity contribution is 0.0327. The number of aromatic amines is 1. The largest absolute Gasteiger partial charge is 0.465 e. The molecule has 0 bridgehead atoms. The van der Waals surface area contributed by atoms with Gasteiger partial charge < -0.3 is 19.9 Å². The van der Waals surface area contributed by atoms with Gasteiger partial charge in [-0.15, -0.1) is 0 Å². The highest BCUT2D eigenvalue weighted by atomic mass is 32.2. The number of anilines is 1. The molecule has 0 saturated heterocycles. The minimum Gasteiger partial charge on any atom is -0.465 e. The quantitative estimate of drug-likeness (QED) is 0.541. The van der Waals surface area contributed by atoms with Gasteiger partial charge in [0.25, 0.3) is 0 Å². The third-order valence-corrected chi connectivity index (χ3v) is 8.84. The molecule has 3 N–H and O–H groups in total. The number of H-pyrrole nitrogens is 1. The second-order valence-electron chi connectivity index (χ2n) is 10.8. The molecule has 4 rings (SSSR count). The molecule has 2 heterocycles. The summed E-state index contributed by atoms with van der Waals surface area (Å²) in [5.74, 6) is 1.15. The molecular weight excluding hydrogens is 456 g/mol. The van der Waals surface area contributed by atoms with Gasteiger partial charge in [-0.1, -0.05) is 0 Å². The summed E-state index contributed by atoms with van der Waals surface area (Å²) in [5.41, 5.74) is 0.306. The van der Waals surface area contributed by atoms with Gasteiger partial charge in [-0.05, 0) is 71.3 Å². The van der Waals surface area contributed by atoms with E-state index in [1.54, 1.807) is 6.33 Å². The van der Waals surface area contributed by atoms with Gasteiger partial charge in [0, 0.05) is 36.9 Å². The molecule has 1 amide bonds. The summed E-state index contributed by atoms with van der Waals surface area (Å²) in [7, 11) is -1.37. The first-order valence-electron chi connectivity index (χ1n) is 12.0. The Labute approximate surface area is 201 Å². The summed E-state index contributed by atoms with van der Waals surface area (Å²) in [4.78, 5) is 27.1. The van der Waals surface area contributed by atoms with Crippen molar-refractivity contribution in [2.75, 3.05) is 17.7 Å². The second-order valence-corrected chi connectivity index (χ2v) is 12.6. The highest BCUT2D eigenvalue weighted by molar-refractivity contribution is 7.89. The van der Waals surface area contributed by atoms with E-state index in [9.17, 15) is 18.3 Å². The molecule has 0 aromatic carbocycles. The fourth-order valence-corrected chi connectivity index (χ4v) is 7.26. The Bertz CT molecular complexity index is 1110. The Hall–Kier alpha value is -2.40. The monoisotopic (exact) mass is 492 g/mol. The summed E-state index contributed by atoms with van der Waals surface area (Å²) < 4.78 is 28.4. The summed E-state index contributed by atoms with van der Waals surface area (Å²) in [6.45, 7) is 5.58. The molecule has 0 spiro atoms. The number of sulfonamides is 1. The highest BCUT2D eigenvalue weighted by Crippen LogP contribution is 2.34. The van der Waals surface area contributed by atoms with Crippen molar-refractivity contribution in [1.29, 1.82) is 0 Å². The van der Waals surface area contributed by atoms with Crippen LogP contribution in [0.1, 0.15) is 59.3 Å². The Balaban J connectivity index is 1.26. The van der Waals surface area contributed by atoms with Crippen LogP contribution in [0.3, 0.4) is 0 Å². The molecule has 11 heteroatoms. The predicted molar refractivity (Wildman–Crippen MR) is 131 cm³/mol. The minimum absolute atomic E-state index is 0.126. The van der Waals surface area contributed by atoms with E-state index in [0.29, 0.717) is 18.9 Å². The van der Waals surface area contributed by atoms with E-state index in [1.807, 2.05) is 40.1 Å². The van der Waals surface area contributed by atoms with E-state index in [-0.39, 0.29) is 23.8 Å². The molecule has 34 heavy (non-hydrogen) atoms. The molecule has 2 saturated carbocycles. The molecular formula is C23H36N6O4S. The number of hydrogen-bond acceptors (Lipinski definition) is 6. The van der Waals surface area contributed by atoms with Gasteiger partial charge in [-0.2, -0.15) is 0 Å². The van der Waals surface area contributed by atoms with Crippen LogP contribution < -0.4 is 9.62 Å².